The molecule has 0 N–H and O–H groups in total. The minimum atomic E-state index is 0.861. The van der Waals surface area contributed by atoms with Gasteiger partial charge in [0.2, 0.25) is 0 Å². The summed E-state index contributed by atoms with van der Waals surface area (Å²) in [6.07, 6.45) is 14.0. The molecule has 0 aliphatic heterocycles. The Hall–Kier alpha value is -1.04. The van der Waals surface area contributed by atoms with Gasteiger partial charge in [-0.15, -0.1) is 0 Å². The predicted octanol–water partition coefficient (Wildman–Crippen LogP) is 5.41. The molecule has 0 unspecified atom stereocenters. The lowest BCUT2D eigenvalue weighted by molar-refractivity contribution is 0.967. The zero-order valence-electron chi connectivity index (χ0n) is 11.2. The summed E-state index contributed by atoms with van der Waals surface area (Å²) in [5.74, 6) is 0. The highest BCUT2D eigenvalue weighted by Crippen LogP contribution is 2.07. The largest absolute Gasteiger partial charge is 0.0856 e. The van der Waals surface area contributed by atoms with Crippen molar-refractivity contribution in [2.24, 2.45) is 0 Å². The first-order valence-corrected chi connectivity index (χ1v) is 5.99. The number of allylic oxidation sites excluding steroid dienone is 8. The highest BCUT2D eigenvalue weighted by atomic mass is 13.9. The Balaban J connectivity index is 4.04. The molecule has 0 aromatic carbocycles. The van der Waals surface area contributed by atoms with Crippen LogP contribution in [0.4, 0.5) is 0 Å². The Kier molecular flexibility index (Phi) is 8.61. The molecule has 0 heteroatoms. The van der Waals surface area contributed by atoms with Gasteiger partial charge in [-0.05, 0) is 53.9 Å². The van der Waals surface area contributed by atoms with E-state index in [4.69, 9.17) is 0 Å². The zero-order chi connectivity index (χ0) is 12.4. The summed E-state index contributed by atoms with van der Waals surface area (Å²) < 4.78 is 0. The Labute approximate surface area is 101 Å². The molecular weight excluding hydrogens is 192 g/mol. The van der Waals surface area contributed by atoms with Crippen molar-refractivity contribution in [3.8, 4) is 0 Å². The predicted molar refractivity (Wildman–Crippen MR) is 75.3 cm³/mol. The number of rotatable bonds is 6. The van der Waals surface area contributed by atoms with Crippen LogP contribution in [0.2, 0.25) is 0 Å². The third kappa shape index (κ3) is 9.51. The molecule has 0 bridgehead atoms. The Bertz CT molecular complexity index is 294. The van der Waals surface area contributed by atoms with E-state index >= 15 is 0 Å². The average Bonchev–Trinajstić information content (AvgIpc) is 2.17. The van der Waals surface area contributed by atoms with Crippen LogP contribution >= 0.6 is 0 Å². The molecule has 0 atom stereocenters. The molecule has 0 aliphatic rings. The van der Waals surface area contributed by atoms with E-state index in [9.17, 15) is 0 Å². The molecule has 0 saturated carbocycles. The fraction of sp³-hybridized carbons (Fsp3) is 0.438. The van der Waals surface area contributed by atoms with Crippen molar-refractivity contribution in [1.82, 2.24) is 0 Å². The second-order valence-corrected chi connectivity index (χ2v) is 4.43. The maximum Gasteiger partial charge on any atom is -0.0285 e. The molecule has 16 heavy (non-hydrogen) atoms. The summed E-state index contributed by atoms with van der Waals surface area (Å²) in [5, 5.41) is 0. The van der Waals surface area contributed by atoms with Gasteiger partial charge >= 0.3 is 0 Å². The first-order valence-electron chi connectivity index (χ1n) is 5.99. The van der Waals surface area contributed by atoms with Gasteiger partial charge in [0.1, 0.15) is 0 Å². The summed E-state index contributed by atoms with van der Waals surface area (Å²) in [5.41, 5.74) is 4.11. The Morgan fingerprint density at radius 1 is 1.06 bits per heavy atom. The van der Waals surface area contributed by atoms with Crippen LogP contribution in [0.1, 0.15) is 47.0 Å². The first kappa shape index (κ1) is 15.0. The zero-order valence-corrected chi connectivity index (χ0v) is 11.2. The molecule has 0 aromatic heterocycles. The molecule has 0 aromatic rings. The van der Waals surface area contributed by atoms with Gasteiger partial charge in [0.15, 0.2) is 0 Å². The SMILES string of the molecule is [CH2]C/C=C(C)/C=C/C=C(\C)CCC=C(C)C. The van der Waals surface area contributed by atoms with Gasteiger partial charge in [0.25, 0.3) is 0 Å². The number of hydrogen-bond donors (Lipinski definition) is 0. The molecule has 0 saturated heterocycles. The van der Waals surface area contributed by atoms with Gasteiger partial charge < -0.3 is 0 Å². The highest BCUT2D eigenvalue weighted by molar-refractivity contribution is 5.22. The molecule has 0 spiro atoms. The van der Waals surface area contributed by atoms with Crippen molar-refractivity contribution >= 4 is 0 Å². The Morgan fingerprint density at radius 3 is 2.31 bits per heavy atom. The minimum Gasteiger partial charge on any atom is -0.0856 e. The lowest BCUT2D eigenvalue weighted by Crippen LogP contribution is -1.76. The smallest absolute Gasteiger partial charge is 0.0285 e. The minimum absolute atomic E-state index is 0.861. The second kappa shape index (κ2) is 9.21. The van der Waals surface area contributed by atoms with Crippen molar-refractivity contribution in [1.29, 1.82) is 0 Å². The normalized spacial score (nSPS) is 13.3. The lowest BCUT2D eigenvalue weighted by Gasteiger charge is -1.96. The molecule has 0 rings (SSSR count). The molecule has 89 valence electrons. The molecule has 1 radical (unpaired) electrons. The van der Waals surface area contributed by atoms with E-state index in [0.717, 1.165) is 19.3 Å². The van der Waals surface area contributed by atoms with E-state index in [1.807, 2.05) is 0 Å². The van der Waals surface area contributed by atoms with E-state index in [2.05, 4.69) is 65.0 Å². The van der Waals surface area contributed by atoms with Crippen molar-refractivity contribution in [3.05, 3.63) is 54.0 Å². The molecule has 0 aliphatic carbocycles. The van der Waals surface area contributed by atoms with E-state index in [1.54, 1.807) is 0 Å². The van der Waals surface area contributed by atoms with Gasteiger partial charge in [-0.3, -0.25) is 0 Å². The van der Waals surface area contributed by atoms with Crippen LogP contribution in [-0.2, 0) is 0 Å². The van der Waals surface area contributed by atoms with Crippen molar-refractivity contribution in [3.63, 3.8) is 0 Å². The summed E-state index contributed by atoms with van der Waals surface area (Å²) in [6, 6.07) is 0. The Morgan fingerprint density at radius 2 is 1.75 bits per heavy atom. The molecular formula is C16H25. The second-order valence-electron chi connectivity index (χ2n) is 4.43. The van der Waals surface area contributed by atoms with Crippen LogP contribution in [0.25, 0.3) is 0 Å². The highest BCUT2D eigenvalue weighted by Gasteiger charge is 1.86. The lowest BCUT2D eigenvalue weighted by atomic mass is 10.1. The van der Waals surface area contributed by atoms with Crippen LogP contribution in [0.5, 0.6) is 0 Å². The van der Waals surface area contributed by atoms with Gasteiger partial charge in [0.05, 0.1) is 0 Å². The fourth-order valence-corrected chi connectivity index (χ4v) is 1.33. The van der Waals surface area contributed by atoms with Gasteiger partial charge in [0, 0.05) is 0 Å². The number of hydrogen-bond acceptors (Lipinski definition) is 0. The quantitative estimate of drug-likeness (QED) is 0.412. The van der Waals surface area contributed by atoms with E-state index in [0.29, 0.717) is 0 Å². The molecule has 0 amide bonds. The van der Waals surface area contributed by atoms with Crippen molar-refractivity contribution in [2.75, 3.05) is 0 Å². The van der Waals surface area contributed by atoms with Crippen LogP contribution < -0.4 is 0 Å². The van der Waals surface area contributed by atoms with Crippen molar-refractivity contribution in [2.45, 2.75) is 47.0 Å². The molecule has 0 fully saturated rings. The molecule has 0 heterocycles. The summed E-state index contributed by atoms with van der Waals surface area (Å²) in [7, 11) is 0. The van der Waals surface area contributed by atoms with Crippen molar-refractivity contribution < 1.29 is 0 Å². The van der Waals surface area contributed by atoms with Crippen LogP contribution in [-0.4, -0.2) is 0 Å². The summed E-state index contributed by atoms with van der Waals surface area (Å²) >= 11 is 0. The van der Waals surface area contributed by atoms with Crippen LogP contribution in [0, 0.1) is 6.92 Å². The third-order valence-electron chi connectivity index (χ3n) is 2.30. The van der Waals surface area contributed by atoms with Gasteiger partial charge in [-0.25, -0.2) is 0 Å². The average molecular weight is 217 g/mol. The van der Waals surface area contributed by atoms with E-state index in [1.165, 1.54) is 16.7 Å². The monoisotopic (exact) mass is 217 g/mol. The fourth-order valence-electron chi connectivity index (χ4n) is 1.33. The standard InChI is InChI=1S/C16H25/c1-6-9-15(4)12-8-13-16(5)11-7-10-14(2)3/h8-10,12-13H,1,6-7,11H2,2-5H3/b12-8+,15-9+,16-13+. The maximum atomic E-state index is 3.79. The topological polar surface area (TPSA) is 0 Å². The molecule has 0 nitrogen and oxygen atoms in total. The van der Waals surface area contributed by atoms with Crippen LogP contribution in [0.3, 0.4) is 0 Å². The maximum absolute atomic E-state index is 3.79. The van der Waals surface area contributed by atoms with Crippen LogP contribution in [0.15, 0.2) is 47.1 Å². The van der Waals surface area contributed by atoms with E-state index < -0.39 is 0 Å². The summed E-state index contributed by atoms with van der Waals surface area (Å²) in [6.45, 7) is 12.4. The summed E-state index contributed by atoms with van der Waals surface area (Å²) in [4.78, 5) is 0. The van der Waals surface area contributed by atoms with Gasteiger partial charge in [-0.1, -0.05) is 47.1 Å². The third-order valence-corrected chi connectivity index (χ3v) is 2.30. The van der Waals surface area contributed by atoms with E-state index in [-0.39, 0.29) is 0 Å². The first-order chi connectivity index (χ1) is 7.56. The van der Waals surface area contributed by atoms with Gasteiger partial charge in [-0.2, -0.15) is 0 Å².